The molecule has 2 nitrogen and oxygen atoms in total. The van der Waals surface area contributed by atoms with Crippen molar-refractivity contribution in [3.8, 4) is 0 Å². The largest absolute Gasteiger partial charge is 0.466 e. The van der Waals surface area contributed by atoms with Crippen LogP contribution in [0.3, 0.4) is 0 Å². The van der Waals surface area contributed by atoms with E-state index in [0.717, 1.165) is 24.3 Å². The molecule has 0 radical (unpaired) electrons. The minimum Gasteiger partial charge on any atom is -0.466 e. The summed E-state index contributed by atoms with van der Waals surface area (Å²) in [4.78, 5) is 11.1. The number of rotatable bonds is 9. The highest BCUT2D eigenvalue weighted by Gasteiger charge is 2.00. The van der Waals surface area contributed by atoms with Crippen molar-refractivity contribution < 1.29 is 9.53 Å². The van der Waals surface area contributed by atoms with Gasteiger partial charge in [0.25, 0.3) is 0 Å². The quantitative estimate of drug-likeness (QED) is 0.498. The highest BCUT2D eigenvalue weighted by Crippen LogP contribution is 2.14. The maximum absolute atomic E-state index is 11.1. The van der Waals surface area contributed by atoms with Gasteiger partial charge >= 0.3 is 5.97 Å². The molecule has 0 N–H and O–H groups in total. The molecule has 0 aromatic heterocycles. The van der Waals surface area contributed by atoms with Crippen molar-refractivity contribution in [1.82, 2.24) is 0 Å². The third-order valence-corrected chi connectivity index (χ3v) is 3.70. The first-order valence-corrected chi connectivity index (χ1v) is 7.75. The lowest BCUT2D eigenvalue weighted by molar-refractivity contribution is -0.143. The van der Waals surface area contributed by atoms with Crippen LogP contribution in [0, 0.1) is 0 Å². The Balaban J connectivity index is 1.92. The molecule has 0 unspecified atom stereocenters. The van der Waals surface area contributed by atoms with Crippen molar-refractivity contribution in [2.24, 2.45) is 0 Å². The van der Waals surface area contributed by atoms with Crippen molar-refractivity contribution in [3.63, 3.8) is 0 Å². The number of hydrogen-bond acceptors (Lipinski definition) is 3. The molecule has 0 saturated heterocycles. The summed E-state index contributed by atoms with van der Waals surface area (Å²) in [6, 6.07) is 10.5. The molecule has 0 spiro atoms. The fourth-order valence-corrected chi connectivity index (χ4v) is 2.63. The average molecular weight is 266 g/mol. The van der Waals surface area contributed by atoms with E-state index in [-0.39, 0.29) is 5.97 Å². The van der Waals surface area contributed by atoms with E-state index in [1.807, 2.05) is 24.8 Å². The topological polar surface area (TPSA) is 26.3 Å². The predicted octanol–water partition coefficient (Wildman–Crippen LogP) is 4.04. The third kappa shape index (κ3) is 7.38. The van der Waals surface area contributed by atoms with Gasteiger partial charge in [0, 0.05) is 12.2 Å². The fourth-order valence-electron chi connectivity index (χ4n) is 1.65. The van der Waals surface area contributed by atoms with E-state index >= 15 is 0 Å². The minimum absolute atomic E-state index is 0.0607. The molecule has 0 amide bonds. The smallest absolute Gasteiger partial charge is 0.305 e. The standard InChI is InChI=1S/C15H22O2S/c1-2-17-15(16)11-7-4-8-12-18-13-14-9-5-3-6-10-14/h3,5-6,9-10H,2,4,7-8,11-13H2,1H3. The number of carbonyl (C=O) groups excluding carboxylic acids is 1. The molecule has 100 valence electrons. The van der Waals surface area contributed by atoms with Crippen LogP contribution in [0.4, 0.5) is 0 Å². The SMILES string of the molecule is CCOC(=O)CCCCCSCc1ccccc1. The molecule has 0 fully saturated rings. The molecular formula is C15H22O2S. The molecule has 3 heteroatoms. The van der Waals surface area contributed by atoms with Gasteiger partial charge in [0.1, 0.15) is 0 Å². The Morgan fingerprint density at radius 2 is 1.94 bits per heavy atom. The van der Waals surface area contributed by atoms with Gasteiger partial charge in [-0.05, 0) is 31.1 Å². The van der Waals surface area contributed by atoms with E-state index in [1.165, 1.54) is 12.0 Å². The Kier molecular flexibility index (Phi) is 8.40. The van der Waals surface area contributed by atoms with Crippen LogP contribution < -0.4 is 0 Å². The van der Waals surface area contributed by atoms with Gasteiger partial charge in [0.2, 0.25) is 0 Å². The summed E-state index contributed by atoms with van der Waals surface area (Å²) in [6.07, 6.45) is 3.80. The van der Waals surface area contributed by atoms with Gasteiger partial charge in [0.15, 0.2) is 0 Å². The van der Waals surface area contributed by atoms with E-state index in [2.05, 4.69) is 24.3 Å². The van der Waals surface area contributed by atoms with Crippen molar-refractivity contribution in [2.45, 2.75) is 38.4 Å². The van der Waals surface area contributed by atoms with Crippen molar-refractivity contribution in [2.75, 3.05) is 12.4 Å². The van der Waals surface area contributed by atoms with E-state index in [0.29, 0.717) is 13.0 Å². The Bertz CT molecular complexity index is 325. The minimum atomic E-state index is -0.0607. The molecule has 0 bridgehead atoms. The molecule has 1 rings (SSSR count). The van der Waals surface area contributed by atoms with E-state index in [9.17, 15) is 4.79 Å². The summed E-state index contributed by atoms with van der Waals surface area (Å²) in [5.74, 6) is 2.19. The summed E-state index contributed by atoms with van der Waals surface area (Å²) >= 11 is 1.96. The van der Waals surface area contributed by atoms with Crippen LogP contribution in [-0.4, -0.2) is 18.3 Å². The number of unbranched alkanes of at least 4 members (excludes halogenated alkanes) is 2. The highest BCUT2D eigenvalue weighted by molar-refractivity contribution is 7.98. The van der Waals surface area contributed by atoms with E-state index in [4.69, 9.17) is 4.74 Å². The Morgan fingerprint density at radius 3 is 2.67 bits per heavy atom. The second kappa shape index (κ2) is 10.0. The number of esters is 1. The third-order valence-electron chi connectivity index (χ3n) is 2.59. The molecule has 1 aromatic rings. The first-order chi connectivity index (χ1) is 8.83. The van der Waals surface area contributed by atoms with Crippen LogP contribution >= 0.6 is 11.8 Å². The van der Waals surface area contributed by atoms with Crippen LogP contribution in [0.15, 0.2) is 30.3 Å². The van der Waals surface area contributed by atoms with Gasteiger partial charge in [-0.1, -0.05) is 36.8 Å². The van der Waals surface area contributed by atoms with Gasteiger partial charge in [0.05, 0.1) is 6.61 Å². The number of thioether (sulfide) groups is 1. The van der Waals surface area contributed by atoms with E-state index < -0.39 is 0 Å². The second-order valence-corrected chi connectivity index (χ2v) is 5.26. The summed E-state index contributed by atoms with van der Waals surface area (Å²) in [7, 11) is 0. The zero-order chi connectivity index (χ0) is 13.1. The Hall–Kier alpha value is -0.960. The zero-order valence-electron chi connectivity index (χ0n) is 11.1. The van der Waals surface area contributed by atoms with Crippen LogP contribution in [0.2, 0.25) is 0 Å². The normalized spacial score (nSPS) is 10.3. The first-order valence-electron chi connectivity index (χ1n) is 6.60. The zero-order valence-corrected chi connectivity index (χ0v) is 11.9. The lowest BCUT2D eigenvalue weighted by atomic mass is 10.2. The molecule has 1 aromatic carbocycles. The van der Waals surface area contributed by atoms with Gasteiger partial charge in [-0.3, -0.25) is 4.79 Å². The van der Waals surface area contributed by atoms with Gasteiger partial charge in [-0.25, -0.2) is 0 Å². The van der Waals surface area contributed by atoms with Crippen molar-refractivity contribution in [1.29, 1.82) is 0 Å². The summed E-state index contributed by atoms with van der Waals surface area (Å²) in [6.45, 7) is 2.34. The van der Waals surface area contributed by atoms with Crippen LogP contribution in [-0.2, 0) is 15.3 Å². The second-order valence-electron chi connectivity index (χ2n) is 4.15. The first kappa shape index (κ1) is 15.1. The maximum atomic E-state index is 11.1. The highest BCUT2D eigenvalue weighted by atomic mass is 32.2. The molecular weight excluding hydrogens is 244 g/mol. The molecule has 0 aliphatic rings. The summed E-state index contributed by atoms with van der Waals surface area (Å²) < 4.78 is 4.88. The van der Waals surface area contributed by atoms with Gasteiger partial charge in [-0.2, -0.15) is 11.8 Å². The van der Waals surface area contributed by atoms with E-state index in [1.54, 1.807) is 0 Å². The van der Waals surface area contributed by atoms with Crippen molar-refractivity contribution in [3.05, 3.63) is 35.9 Å². The Morgan fingerprint density at radius 1 is 1.17 bits per heavy atom. The molecule has 0 saturated carbocycles. The number of carbonyl (C=O) groups is 1. The molecule has 0 aliphatic carbocycles. The van der Waals surface area contributed by atoms with Crippen LogP contribution in [0.5, 0.6) is 0 Å². The molecule has 0 aliphatic heterocycles. The van der Waals surface area contributed by atoms with Crippen LogP contribution in [0.25, 0.3) is 0 Å². The number of hydrogen-bond donors (Lipinski definition) is 0. The van der Waals surface area contributed by atoms with Gasteiger partial charge < -0.3 is 4.74 Å². The molecule has 18 heavy (non-hydrogen) atoms. The van der Waals surface area contributed by atoms with Gasteiger partial charge in [-0.15, -0.1) is 0 Å². The van der Waals surface area contributed by atoms with Crippen LogP contribution in [0.1, 0.15) is 38.2 Å². The maximum Gasteiger partial charge on any atom is 0.305 e. The monoisotopic (exact) mass is 266 g/mol. The summed E-state index contributed by atoms with van der Waals surface area (Å²) in [5, 5.41) is 0. The number of benzene rings is 1. The average Bonchev–Trinajstić information content (AvgIpc) is 2.39. The lowest BCUT2D eigenvalue weighted by Crippen LogP contribution is -2.03. The lowest BCUT2D eigenvalue weighted by Gasteiger charge is -2.03. The Labute approximate surface area is 114 Å². The summed E-state index contributed by atoms with van der Waals surface area (Å²) in [5.41, 5.74) is 1.38. The molecule has 0 heterocycles. The fraction of sp³-hybridized carbons (Fsp3) is 0.533. The predicted molar refractivity (Wildman–Crippen MR) is 77.7 cm³/mol. The van der Waals surface area contributed by atoms with Crippen molar-refractivity contribution >= 4 is 17.7 Å². The molecule has 0 atom stereocenters. The number of ether oxygens (including phenoxy) is 1.